The molecule has 0 aliphatic carbocycles. The van der Waals surface area contributed by atoms with Gasteiger partial charge in [0.25, 0.3) is 0 Å². The lowest BCUT2D eigenvalue weighted by molar-refractivity contribution is -0.0528. The number of aromatic nitrogens is 4. The quantitative estimate of drug-likeness (QED) is 0.433. The molecule has 1 fully saturated rings. The Hall–Kier alpha value is -1.85. The summed E-state index contributed by atoms with van der Waals surface area (Å²) in [6.45, 7) is 1.11. The second kappa shape index (κ2) is 5.98. The minimum Gasteiger partial charge on any atom is -0.396 e. The van der Waals surface area contributed by atoms with Crippen LogP contribution in [-0.4, -0.2) is 71.5 Å². The number of hydrogen-bond acceptors (Lipinski definition) is 9. The zero-order chi connectivity index (χ0) is 16.7. The third-order valence-corrected chi connectivity index (χ3v) is 4.02. The molecule has 1 unspecified atom stereocenters. The maximum atomic E-state index is 10.3. The van der Waals surface area contributed by atoms with Crippen LogP contribution in [0.3, 0.4) is 0 Å². The molecule has 1 saturated heterocycles. The highest BCUT2D eigenvalue weighted by molar-refractivity contribution is 5.82. The molecule has 0 amide bonds. The molecular formula is C13H19N5O5. The van der Waals surface area contributed by atoms with Crippen molar-refractivity contribution in [2.24, 2.45) is 0 Å². The van der Waals surface area contributed by atoms with Crippen LogP contribution in [0.4, 0.5) is 5.82 Å². The molecule has 0 saturated carbocycles. The van der Waals surface area contributed by atoms with Crippen LogP contribution in [-0.2, 0) is 4.74 Å². The first-order valence-electron chi connectivity index (χ1n) is 7.21. The average molecular weight is 325 g/mol. The fourth-order valence-electron chi connectivity index (χ4n) is 2.72. The van der Waals surface area contributed by atoms with Gasteiger partial charge in [-0.05, 0) is 0 Å². The first-order valence-corrected chi connectivity index (χ1v) is 7.21. The lowest BCUT2D eigenvalue weighted by atomic mass is 10.1. The van der Waals surface area contributed by atoms with Crippen molar-refractivity contribution in [2.75, 3.05) is 18.9 Å². The lowest BCUT2D eigenvalue weighted by Gasteiger charge is -2.21. The summed E-state index contributed by atoms with van der Waals surface area (Å²) in [4.78, 5) is 12.4. The number of nitrogens with two attached hydrogens (primary N) is 1. The molecule has 3 heterocycles. The van der Waals surface area contributed by atoms with Crippen molar-refractivity contribution in [3.05, 3.63) is 12.2 Å². The van der Waals surface area contributed by atoms with Gasteiger partial charge in [-0.3, -0.25) is 4.57 Å². The van der Waals surface area contributed by atoms with E-state index in [0.717, 1.165) is 0 Å². The Morgan fingerprint density at radius 2 is 2.04 bits per heavy atom. The average Bonchev–Trinajstić information content (AvgIpc) is 3.07. The third kappa shape index (κ3) is 2.44. The highest BCUT2D eigenvalue weighted by Gasteiger charge is 2.45. The van der Waals surface area contributed by atoms with Gasteiger partial charge in [0.2, 0.25) is 0 Å². The van der Waals surface area contributed by atoms with E-state index in [2.05, 4.69) is 15.0 Å². The summed E-state index contributed by atoms with van der Waals surface area (Å²) in [6.07, 6.45) is -3.22. The van der Waals surface area contributed by atoms with Gasteiger partial charge in [0.05, 0.1) is 13.2 Å². The molecule has 3 rings (SSSR count). The predicted octanol–water partition coefficient (Wildman–Crippen LogP) is -1.88. The standard InChI is InChI=1S/C13H19N5O5/c1-5(2-19)11-17-7-10(14)15-4-16-12(7)18(11)13-9(22)8(21)6(3-20)23-13/h4-6,8-9,13,19-22H,2-3H2,1H3,(H2,14,15,16)/t5?,6-,8-,9-,13-/m1/s1. The number of nitrogen functional groups attached to an aromatic ring is 1. The van der Waals surface area contributed by atoms with Crippen LogP contribution in [0.5, 0.6) is 0 Å². The van der Waals surface area contributed by atoms with Crippen molar-refractivity contribution in [1.29, 1.82) is 0 Å². The van der Waals surface area contributed by atoms with Gasteiger partial charge in [-0.15, -0.1) is 0 Å². The van der Waals surface area contributed by atoms with Gasteiger partial charge in [0.15, 0.2) is 23.2 Å². The number of ether oxygens (including phenoxy) is 1. The second-order valence-corrected chi connectivity index (χ2v) is 5.58. The molecule has 23 heavy (non-hydrogen) atoms. The fraction of sp³-hybridized carbons (Fsp3) is 0.615. The molecule has 126 valence electrons. The maximum Gasteiger partial charge on any atom is 0.167 e. The van der Waals surface area contributed by atoms with Crippen LogP contribution < -0.4 is 5.73 Å². The number of anilines is 1. The molecular weight excluding hydrogens is 306 g/mol. The minimum atomic E-state index is -1.29. The minimum absolute atomic E-state index is 0.159. The number of hydrogen-bond donors (Lipinski definition) is 5. The third-order valence-electron chi connectivity index (χ3n) is 4.02. The fourth-order valence-corrected chi connectivity index (χ4v) is 2.72. The van der Waals surface area contributed by atoms with Gasteiger partial charge < -0.3 is 30.9 Å². The molecule has 5 atom stereocenters. The highest BCUT2D eigenvalue weighted by Crippen LogP contribution is 2.35. The van der Waals surface area contributed by atoms with Gasteiger partial charge in [-0.2, -0.15) is 0 Å². The van der Waals surface area contributed by atoms with Crippen molar-refractivity contribution >= 4 is 17.0 Å². The number of aliphatic hydroxyl groups is 4. The first-order chi connectivity index (χ1) is 11.0. The summed E-state index contributed by atoms with van der Waals surface area (Å²) < 4.78 is 7.04. The van der Waals surface area contributed by atoms with Crippen LogP contribution in [0, 0.1) is 0 Å². The summed E-state index contributed by atoms with van der Waals surface area (Å²) in [5, 5.41) is 38.9. The molecule has 0 spiro atoms. The second-order valence-electron chi connectivity index (χ2n) is 5.58. The summed E-state index contributed by atoms with van der Waals surface area (Å²) in [6, 6.07) is 0. The number of nitrogens with zero attached hydrogens (tertiary/aromatic N) is 4. The Morgan fingerprint density at radius 3 is 2.65 bits per heavy atom. The van der Waals surface area contributed by atoms with E-state index in [-0.39, 0.29) is 18.3 Å². The molecule has 0 bridgehead atoms. The Morgan fingerprint density at radius 1 is 1.30 bits per heavy atom. The van der Waals surface area contributed by atoms with Gasteiger partial charge in [-0.25, -0.2) is 15.0 Å². The molecule has 0 aromatic carbocycles. The van der Waals surface area contributed by atoms with E-state index in [1.54, 1.807) is 6.92 Å². The maximum absolute atomic E-state index is 10.3. The van der Waals surface area contributed by atoms with E-state index < -0.39 is 31.1 Å². The number of fused-ring (bicyclic) bond motifs is 1. The van der Waals surface area contributed by atoms with Gasteiger partial charge in [0, 0.05) is 5.92 Å². The van der Waals surface area contributed by atoms with Crippen molar-refractivity contribution in [1.82, 2.24) is 19.5 Å². The van der Waals surface area contributed by atoms with Crippen molar-refractivity contribution in [3.63, 3.8) is 0 Å². The Kier molecular flexibility index (Phi) is 4.17. The van der Waals surface area contributed by atoms with E-state index >= 15 is 0 Å². The monoisotopic (exact) mass is 325 g/mol. The van der Waals surface area contributed by atoms with Crippen LogP contribution in [0.2, 0.25) is 0 Å². The van der Waals surface area contributed by atoms with Gasteiger partial charge in [0.1, 0.15) is 30.5 Å². The van der Waals surface area contributed by atoms with Crippen LogP contribution >= 0.6 is 0 Å². The molecule has 2 aromatic rings. The number of aliphatic hydroxyl groups excluding tert-OH is 4. The topological polar surface area (TPSA) is 160 Å². The zero-order valence-corrected chi connectivity index (χ0v) is 12.4. The summed E-state index contributed by atoms with van der Waals surface area (Å²) in [7, 11) is 0. The molecule has 0 radical (unpaired) electrons. The van der Waals surface area contributed by atoms with E-state index in [9.17, 15) is 20.4 Å². The molecule has 1 aliphatic heterocycles. The van der Waals surface area contributed by atoms with Crippen molar-refractivity contribution in [3.8, 4) is 0 Å². The van der Waals surface area contributed by atoms with E-state index in [0.29, 0.717) is 17.0 Å². The predicted molar refractivity (Wildman–Crippen MR) is 78.2 cm³/mol. The Labute approximate surface area is 131 Å². The van der Waals surface area contributed by atoms with E-state index in [4.69, 9.17) is 10.5 Å². The van der Waals surface area contributed by atoms with Crippen molar-refractivity contribution < 1.29 is 25.2 Å². The Bertz CT molecular complexity index is 707. The molecule has 1 aliphatic rings. The van der Waals surface area contributed by atoms with Crippen molar-refractivity contribution in [2.45, 2.75) is 37.4 Å². The molecule has 10 nitrogen and oxygen atoms in total. The smallest absolute Gasteiger partial charge is 0.167 e. The number of rotatable bonds is 4. The largest absolute Gasteiger partial charge is 0.396 e. The van der Waals surface area contributed by atoms with Crippen LogP contribution in [0.1, 0.15) is 24.9 Å². The summed E-state index contributed by atoms with van der Waals surface area (Å²) in [5.74, 6) is 0.168. The molecule has 10 heteroatoms. The normalized spacial score (nSPS) is 29.3. The van der Waals surface area contributed by atoms with E-state index in [1.165, 1.54) is 10.9 Å². The highest BCUT2D eigenvalue weighted by atomic mass is 16.6. The molecule has 6 N–H and O–H groups in total. The summed E-state index contributed by atoms with van der Waals surface area (Å²) >= 11 is 0. The first kappa shape index (κ1) is 16.0. The summed E-state index contributed by atoms with van der Waals surface area (Å²) in [5.41, 5.74) is 6.45. The van der Waals surface area contributed by atoms with Crippen LogP contribution in [0.15, 0.2) is 6.33 Å². The lowest BCUT2D eigenvalue weighted by Crippen LogP contribution is -2.33. The Balaban J connectivity index is 2.17. The van der Waals surface area contributed by atoms with E-state index in [1.807, 2.05) is 0 Å². The SMILES string of the molecule is CC(CO)c1nc2c(N)ncnc2n1[C@@H]1O[C@H](CO)[C@@H](O)[C@H]1O. The van der Waals surface area contributed by atoms with Crippen LogP contribution in [0.25, 0.3) is 11.2 Å². The number of imidazole rings is 1. The van der Waals surface area contributed by atoms with Gasteiger partial charge in [-0.1, -0.05) is 6.92 Å². The molecule has 2 aromatic heterocycles. The zero-order valence-electron chi connectivity index (χ0n) is 12.4. The van der Waals surface area contributed by atoms with Gasteiger partial charge >= 0.3 is 0 Å².